The molecule has 2 N–H and O–H groups in total. The number of aliphatic imine (C=N–C) groups is 1. The molecule has 4 heteroatoms. The highest BCUT2D eigenvalue weighted by molar-refractivity contribution is 6.32. The highest BCUT2D eigenvalue weighted by Gasteiger charge is 2.37. The van der Waals surface area contributed by atoms with Crippen molar-refractivity contribution in [1.29, 1.82) is 0 Å². The lowest BCUT2D eigenvalue weighted by Crippen LogP contribution is -2.24. The molecule has 2 aromatic carbocycles. The van der Waals surface area contributed by atoms with Crippen molar-refractivity contribution in [1.82, 2.24) is 0 Å². The molecule has 0 fully saturated rings. The van der Waals surface area contributed by atoms with Gasteiger partial charge in [0.25, 0.3) is 0 Å². The van der Waals surface area contributed by atoms with Gasteiger partial charge in [0, 0.05) is 6.42 Å². The summed E-state index contributed by atoms with van der Waals surface area (Å²) in [5.41, 5.74) is 9.28. The summed E-state index contributed by atoms with van der Waals surface area (Å²) in [6.45, 7) is 4.06. The van der Waals surface area contributed by atoms with E-state index in [-0.39, 0.29) is 11.6 Å². The summed E-state index contributed by atoms with van der Waals surface area (Å²) in [5, 5.41) is 0. The fourth-order valence-electron chi connectivity index (χ4n) is 3.23. The van der Waals surface area contributed by atoms with E-state index >= 15 is 0 Å². The van der Waals surface area contributed by atoms with Gasteiger partial charge in [-0.15, -0.1) is 0 Å². The number of amidine groups is 1. The smallest absolute Gasteiger partial charge is 0.139 e. The second-order valence-corrected chi connectivity index (χ2v) is 6.52. The molecule has 23 heavy (non-hydrogen) atoms. The first-order valence-corrected chi connectivity index (χ1v) is 8.18. The van der Waals surface area contributed by atoms with Crippen molar-refractivity contribution < 1.29 is 4.74 Å². The molecule has 1 aliphatic heterocycles. The summed E-state index contributed by atoms with van der Waals surface area (Å²) in [6, 6.07) is 16.8. The molecule has 0 amide bonds. The zero-order valence-electron chi connectivity index (χ0n) is 14.0. The topological polar surface area (TPSA) is 47.6 Å². The van der Waals surface area contributed by atoms with Crippen molar-refractivity contribution in [2.75, 3.05) is 0 Å². The van der Waals surface area contributed by atoms with Crippen molar-refractivity contribution in [3.05, 3.63) is 59.7 Å². The van der Waals surface area contributed by atoms with Crippen LogP contribution in [0.1, 0.15) is 37.8 Å². The van der Waals surface area contributed by atoms with Crippen LogP contribution >= 0.6 is 0 Å². The molecule has 118 valence electrons. The molecule has 0 saturated carbocycles. The van der Waals surface area contributed by atoms with Gasteiger partial charge in [-0.1, -0.05) is 41.9 Å². The Morgan fingerprint density at radius 3 is 2.43 bits per heavy atom. The van der Waals surface area contributed by atoms with E-state index in [1.807, 2.05) is 26.0 Å². The third-order valence-corrected chi connectivity index (χ3v) is 4.28. The first kappa shape index (κ1) is 15.7. The Balaban J connectivity index is 2.04. The van der Waals surface area contributed by atoms with Gasteiger partial charge in [-0.25, -0.2) is 0 Å². The molecule has 2 aromatic rings. The summed E-state index contributed by atoms with van der Waals surface area (Å²) < 4.78 is 5.75. The first-order valence-electron chi connectivity index (χ1n) is 8.18. The predicted octanol–water partition coefficient (Wildman–Crippen LogP) is 2.13. The van der Waals surface area contributed by atoms with Crippen LogP contribution in [0, 0.1) is 0 Å². The number of ether oxygens (including phenoxy) is 1. The fraction of sp³-hybridized carbons (Fsp3) is 0.316. The Morgan fingerprint density at radius 2 is 1.87 bits per heavy atom. The molecule has 0 radical (unpaired) electrons. The molecule has 3 rings (SSSR count). The van der Waals surface area contributed by atoms with Crippen LogP contribution in [0.3, 0.4) is 0 Å². The molecule has 0 saturated heterocycles. The van der Waals surface area contributed by atoms with E-state index < -0.39 is 0 Å². The average Bonchev–Trinajstić information content (AvgIpc) is 2.91. The molecule has 1 atom stereocenters. The third-order valence-electron chi connectivity index (χ3n) is 4.28. The van der Waals surface area contributed by atoms with Crippen LogP contribution in [0.4, 0.5) is 0 Å². The van der Waals surface area contributed by atoms with Crippen molar-refractivity contribution in [2.24, 2.45) is 10.7 Å². The molecule has 1 unspecified atom stereocenters. The van der Waals surface area contributed by atoms with Gasteiger partial charge in [-0.05, 0) is 43.5 Å². The molecule has 1 aliphatic rings. The van der Waals surface area contributed by atoms with Crippen LogP contribution in [0.15, 0.2) is 53.5 Å². The Morgan fingerprint density at radius 1 is 1.13 bits per heavy atom. The molecule has 0 spiro atoms. The van der Waals surface area contributed by atoms with Gasteiger partial charge in [0.15, 0.2) is 0 Å². The Hall–Kier alpha value is -2.23. The summed E-state index contributed by atoms with van der Waals surface area (Å²) >= 11 is 0. The molecule has 0 aromatic heterocycles. The minimum absolute atomic E-state index is 0.173. The number of hydrogen-bond acceptors (Lipinski definition) is 3. The van der Waals surface area contributed by atoms with Crippen molar-refractivity contribution in [3.8, 4) is 5.75 Å². The van der Waals surface area contributed by atoms with Crippen LogP contribution in [-0.2, 0) is 5.54 Å². The Kier molecular flexibility index (Phi) is 4.16. The SMILES string of the molecule is Bc1cccc(C2(c3ccc(OC(C)C)cc3)CCC(N)=N2)c1. The van der Waals surface area contributed by atoms with E-state index in [9.17, 15) is 0 Å². The van der Waals surface area contributed by atoms with E-state index in [0.717, 1.165) is 24.4 Å². The molecule has 3 nitrogen and oxygen atoms in total. The van der Waals surface area contributed by atoms with Gasteiger partial charge >= 0.3 is 0 Å². The highest BCUT2D eigenvalue weighted by atomic mass is 16.5. The number of hydrogen-bond donors (Lipinski definition) is 1. The van der Waals surface area contributed by atoms with E-state index in [1.165, 1.54) is 16.6 Å². The molecule has 0 aliphatic carbocycles. The lowest BCUT2D eigenvalue weighted by atomic mass is 9.79. The van der Waals surface area contributed by atoms with Crippen LogP contribution in [0.25, 0.3) is 0 Å². The van der Waals surface area contributed by atoms with E-state index in [1.54, 1.807) is 0 Å². The van der Waals surface area contributed by atoms with Crippen LogP contribution < -0.4 is 15.9 Å². The summed E-state index contributed by atoms with van der Waals surface area (Å²) in [4.78, 5) is 4.85. The molecular formula is C19H23BN2O. The third kappa shape index (κ3) is 3.12. The normalized spacial score (nSPS) is 20.6. The molecule has 1 heterocycles. The maximum Gasteiger partial charge on any atom is 0.139 e. The summed E-state index contributed by atoms with van der Waals surface area (Å²) in [6.07, 6.45) is 1.91. The van der Waals surface area contributed by atoms with Crippen molar-refractivity contribution >= 4 is 19.1 Å². The Bertz CT molecular complexity index is 724. The van der Waals surface area contributed by atoms with Crippen LogP contribution in [-0.4, -0.2) is 19.8 Å². The first-order chi connectivity index (χ1) is 11.0. The number of nitrogens with two attached hydrogens (primary N) is 1. The van der Waals surface area contributed by atoms with Crippen LogP contribution in [0.2, 0.25) is 0 Å². The maximum absolute atomic E-state index is 6.04. The monoisotopic (exact) mass is 306 g/mol. The van der Waals surface area contributed by atoms with E-state index in [4.69, 9.17) is 15.5 Å². The average molecular weight is 306 g/mol. The predicted molar refractivity (Wildman–Crippen MR) is 98.5 cm³/mol. The largest absolute Gasteiger partial charge is 0.491 e. The second kappa shape index (κ2) is 6.11. The number of benzene rings is 2. The fourth-order valence-corrected chi connectivity index (χ4v) is 3.23. The summed E-state index contributed by atoms with van der Waals surface area (Å²) in [5.74, 6) is 1.62. The van der Waals surface area contributed by atoms with Gasteiger partial charge in [-0.3, -0.25) is 4.99 Å². The van der Waals surface area contributed by atoms with Crippen molar-refractivity contribution in [3.63, 3.8) is 0 Å². The molecular weight excluding hydrogens is 283 g/mol. The maximum atomic E-state index is 6.04. The second-order valence-electron chi connectivity index (χ2n) is 6.52. The minimum atomic E-state index is -0.369. The Labute approximate surface area is 139 Å². The zero-order valence-corrected chi connectivity index (χ0v) is 14.0. The van der Waals surface area contributed by atoms with Gasteiger partial charge in [0.05, 0.1) is 11.9 Å². The number of nitrogens with zero attached hydrogens (tertiary/aromatic N) is 1. The minimum Gasteiger partial charge on any atom is -0.491 e. The lowest BCUT2D eigenvalue weighted by Gasteiger charge is -2.28. The van der Waals surface area contributed by atoms with E-state index in [2.05, 4.69) is 44.2 Å². The van der Waals surface area contributed by atoms with Crippen LogP contribution in [0.5, 0.6) is 5.75 Å². The number of rotatable bonds is 4. The standard InChI is InChI=1S/C19H23BN2O/c1-13(2)23-17-8-6-14(7-9-17)19(11-10-18(21)22-19)15-4-3-5-16(20)12-15/h3-9,12-13H,10-11,20H2,1-2H3,(H2,21,22). The quantitative estimate of drug-likeness (QED) is 0.880. The highest BCUT2D eigenvalue weighted by Crippen LogP contribution is 2.42. The van der Waals surface area contributed by atoms with Gasteiger partial charge in [-0.2, -0.15) is 0 Å². The van der Waals surface area contributed by atoms with Crippen molar-refractivity contribution in [2.45, 2.75) is 38.3 Å². The zero-order chi connectivity index (χ0) is 16.4. The van der Waals surface area contributed by atoms with Gasteiger partial charge < -0.3 is 10.5 Å². The van der Waals surface area contributed by atoms with Gasteiger partial charge in [0.2, 0.25) is 0 Å². The lowest BCUT2D eigenvalue weighted by molar-refractivity contribution is 0.242. The summed E-state index contributed by atoms with van der Waals surface area (Å²) in [7, 11) is 2.11. The molecule has 0 bridgehead atoms. The van der Waals surface area contributed by atoms with Gasteiger partial charge in [0.1, 0.15) is 19.1 Å². The van der Waals surface area contributed by atoms with E-state index in [0.29, 0.717) is 0 Å².